The number of carbonyl (C=O) groups is 3. The van der Waals surface area contributed by atoms with Crippen LogP contribution in [0.5, 0.6) is 0 Å². The second kappa shape index (κ2) is 11.1. The lowest BCUT2D eigenvalue weighted by molar-refractivity contribution is -0.166. The van der Waals surface area contributed by atoms with Crippen LogP contribution in [0, 0.1) is 6.92 Å². The molecule has 0 aliphatic carbocycles. The van der Waals surface area contributed by atoms with Gasteiger partial charge in [0.15, 0.2) is 11.9 Å². The third-order valence-corrected chi connectivity index (χ3v) is 5.87. The maximum Gasteiger partial charge on any atom is 0.338 e. The number of esters is 1. The zero-order valence-electron chi connectivity index (χ0n) is 19.7. The third kappa shape index (κ3) is 5.90. The van der Waals surface area contributed by atoms with E-state index in [0.29, 0.717) is 5.56 Å². The van der Waals surface area contributed by atoms with Gasteiger partial charge in [0.1, 0.15) is 25.0 Å². The summed E-state index contributed by atoms with van der Waals surface area (Å²) in [5, 5.41) is 9.91. The first-order valence-electron chi connectivity index (χ1n) is 11.4. The summed E-state index contributed by atoms with van der Waals surface area (Å²) in [6.07, 6.45) is -4.11. The summed E-state index contributed by atoms with van der Waals surface area (Å²) in [6.45, 7) is 0.926. The molecule has 1 saturated heterocycles. The minimum absolute atomic E-state index is 0.103. The van der Waals surface area contributed by atoms with E-state index in [4.69, 9.17) is 14.2 Å². The lowest BCUT2D eigenvalue weighted by atomic mass is 10.1. The van der Waals surface area contributed by atoms with E-state index in [-0.39, 0.29) is 17.5 Å². The molecule has 4 rings (SSSR count). The average Bonchev–Trinajstić information content (AvgIpc) is 3.29. The Morgan fingerprint density at radius 3 is 2.30 bits per heavy atom. The fourth-order valence-corrected chi connectivity index (χ4v) is 3.98. The van der Waals surface area contributed by atoms with Gasteiger partial charge in [-0.15, -0.1) is 0 Å². The number of carboxylic acid groups (broad SMARTS) is 1. The minimum Gasteiger partial charge on any atom is -0.479 e. The molecule has 1 aromatic heterocycles. The van der Waals surface area contributed by atoms with E-state index in [1.54, 1.807) is 48.5 Å². The smallest absolute Gasteiger partial charge is 0.338 e. The number of aliphatic carboxylic acids is 1. The van der Waals surface area contributed by atoms with Gasteiger partial charge in [0.2, 0.25) is 0 Å². The standard InChI is InChI=1S/C26H24N2O9/c1-15-13-28(26(34)27-23(15)30)20-12-19(36-25(33)17-10-6-3-7-11-17)21(37-20)22(24(31)32)35-14-18(29)16-8-4-2-5-9-16/h2-11,13,19-22H,12,14H2,1H3,(H,31,32)(H,27,30,34)/t19-,20+,21-,22?/m0/s1. The number of hydrogen-bond acceptors (Lipinski definition) is 8. The molecular weight excluding hydrogens is 484 g/mol. The number of aromatic nitrogens is 2. The monoisotopic (exact) mass is 508 g/mol. The lowest BCUT2D eigenvalue weighted by Gasteiger charge is -2.24. The first-order chi connectivity index (χ1) is 17.7. The van der Waals surface area contributed by atoms with Crippen molar-refractivity contribution in [2.24, 2.45) is 0 Å². The Labute approximate surface area is 210 Å². The topological polar surface area (TPSA) is 154 Å². The highest BCUT2D eigenvalue weighted by Crippen LogP contribution is 2.33. The van der Waals surface area contributed by atoms with Gasteiger partial charge in [-0.2, -0.15) is 0 Å². The molecule has 11 heteroatoms. The van der Waals surface area contributed by atoms with Crippen LogP contribution in [-0.2, 0) is 19.0 Å². The summed E-state index contributed by atoms with van der Waals surface area (Å²) in [4.78, 5) is 63.8. The van der Waals surface area contributed by atoms with E-state index >= 15 is 0 Å². The van der Waals surface area contributed by atoms with E-state index < -0.39 is 60.1 Å². The molecule has 0 bridgehead atoms. The molecule has 0 radical (unpaired) electrons. The SMILES string of the molecule is Cc1cn([C@H]2C[C@H](OC(=O)c3ccccc3)[C@@H](C(OCC(=O)c3ccccc3)C(=O)O)O2)c(=O)[nH]c1=O. The third-order valence-electron chi connectivity index (χ3n) is 5.87. The Morgan fingerprint density at radius 1 is 1.05 bits per heavy atom. The Morgan fingerprint density at radius 2 is 1.68 bits per heavy atom. The maximum atomic E-state index is 12.8. The number of benzene rings is 2. The van der Waals surface area contributed by atoms with E-state index in [0.717, 1.165) is 4.57 Å². The molecule has 37 heavy (non-hydrogen) atoms. The molecule has 3 aromatic rings. The molecule has 1 aliphatic rings. The number of ether oxygens (including phenoxy) is 3. The molecule has 1 unspecified atom stereocenters. The van der Waals surface area contributed by atoms with Gasteiger partial charge >= 0.3 is 17.6 Å². The molecule has 4 atom stereocenters. The van der Waals surface area contributed by atoms with Gasteiger partial charge < -0.3 is 19.3 Å². The van der Waals surface area contributed by atoms with Crippen LogP contribution >= 0.6 is 0 Å². The normalized spacial score (nSPS) is 19.8. The van der Waals surface area contributed by atoms with Crippen molar-refractivity contribution >= 4 is 17.7 Å². The highest BCUT2D eigenvalue weighted by atomic mass is 16.6. The minimum atomic E-state index is -1.70. The van der Waals surface area contributed by atoms with Gasteiger partial charge in [-0.1, -0.05) is 48.5 Å². The predicted molar refractivity (Wildman–Crippen MR) is 128 cm³/mol. The highest BCUT2D eigenvalue weighted by Gasteiger charge is 2.47. The second-order valence-corrected chi connectivity index (χ2v) is 8.44. The van der Waals surface area contributed by atoms with Crippen molar-refractivity contribution in [2.45, 2.75) is 37.9 Å². The van der Waals surface area contributed by atoms with Gasteiger partial charge in [-0.25, -0.2) is 14.4 Å². The molecule has 2 N–H and O–H groups in total. The van der Waals surface area contributed by atoms with Crippen LogP contribution in [0.2, 0.25) is 0 Å². The number of aromatic amines is 1. The highest BCUT2D eigenvalue weighted by molar-refractivity contribution is 5.97. The number of ketones is 1. The van der Waals surface area contributed by atoms with Crippen molar-refractivity contribution in [3.63, 3.8) is 0 Å². The molecule has 0 spiro atoms. The molecule has 2 aromatic carbocycles. The van der Waals surface area contributed by atoms with Crippen LogP contribution in [0.4, 0.5) is 0 Å². The maximum absolute atomic E-state index is 12.8. The summed E-state index contributed by atoms with van der Waals surface area (Å²) in [5.74, 6) is -2.63. The molecule has 11 nitrogen and oxygen atoms in total. The van der Waals surface area contributed by atoms with Crippen molar-refractivity contribution in [1.82, 2.24) is 9.55 Å². The van der Waals surface area contributed by atoms with Crippen LogP contribution in [0.25, 0.3) is 0 Å². The number of aryl methyl sites for hydroxylation is 1. The quantitative estimate of drug-likeness (QED) is 0.325. The first-order valence-corrected chi connectivity index (χ1v) is 11.4. The van der Waals surface area contributed by atoms with Gasteiger partial charge in [-0.3, -0.25) is 19.1 Å². The molecule has 192 valence electrons. The number of Topliss-reactive ketones (excluding diaryl/α,β-unsaturated/α-hetero) is 1. The predicted octanol–water partition coefficient (Wildman–Crippen LogP) is 1.71. The van der Waals surface area contributed by atoms with Crippen LogP contribution in [0.3, 0.4) is 0 Å². The number of carbonyl (C=O) groups excluding carboxylic acids is 2. The van der Waals surface area contributed by atoms with E-state index in [1.165, 1.54) is 25.3 Å². The van der Waals surface area contributed by atoms with E-state index in [2.05, 4.69) is 4.98 Å². The number of nitrogens with zero attached hydrogens (tertiary/aromatic N) is 1. The summed E-state index contributed by atoms with van der Waals surface area (Å²) in [5.41, 5.74) is -0.563. The van der Waals surface area contributed by atoms with Crippen molar-refractivity contribution in [2.75, 3.05) is 6.61 Å². The molecule has 2 heterocycles. The van der Waals surface area contributed by atoms with Crippen molar-refractivity contribution in [3.05, 3.63) is 104 Å². The number of carboxylic acids is 1. The number of nitrogens with one attached hydrogen (secondary N) is 1. The first kappa shape index (κ1) is 25.7. The van der Waals surface area contributed by atoms with E-state index in [1.807, 2.05) is 0 Å². The van der Waals surface area contributed by atoms with Crippen LogP contribution in [0.1, 0.15) is 38.9 Å². The molecule has 1 aliphatic heterocycles. The molecule has 1 fully saturated rings. The summed E-state index contributed by atoms with van der Waals surface area (Å²) >= 11 is 0. The Kier molecular flexibility index (Phi) is 7.75. The van der Waals surface area contributed by atoms with Gasteiger partial charge in [0, 0.05) is 23.7 Å². The zero-order chi connectivity index (χ0) is 26.5. The summed E-state index contributed by atoms with van der Waals surface area (Å²) in [6, 6.07) is 16.3. The summed E-state index contributed by atoms with van der Waals surface area (Å²) in [7, 11) is 0. The average molecular weight is 508 g/mol. The fourth-order valence-electron chi connectivity index (χ4n) is 3.98. The van der Waals surface area contributed by atoms with Gasteiger partial charge in [0.05, 0.1) is 5.56 Å². The largest absolute Gasteiger partial charge is 0.479 e. The van der Waals surface area contributed by atoms with E-state index in [9.17, 15) is 29.1 Å². The molecular formula is C26H24N2O9. The van der Waals surface area contributed by atoms with Crippen LogP contribution in [-0.4, -0.2) is 57.3 Å². The van der Waals surface area contributed by atoms with Crippen LogP contribution in [0.15, 0.2) is 76.4 Å². The number of H-pyrrole nitrogens is 1. The second-order valence-electron chi connectivity index (χ2n) is 8.44. The number of rotatable bonds is 9. The fraction of sp³-hybridized carbons (Fsp3) is 0.269. The lowest BCUT2D eigenvalue weighted by Crippen LogP contribution is -2.44. The zero-order valence-corrected chi connectivity index (χ0v) is 19.7. The van der Waals surface area contributed by atoms with Gasteiger partial charge in [0.25, 0.3) is 5.56 Å². The van der Waals surface area contributed by atoms with Crippen molar-refractivity contribution in [3.8, 4) is 0 Å². The van der Waals surface area contributed by atoms with Gasteiger partial charge in [-0.05, 0) is 19.1 Å². The Balaban J connectivity index is 1.61. The Bertz CT molecular complexity index is 1400. The molecule has 0 amide bonds. The molecule has 0 saturated carbocycles. The summed E-state index contributed by atoms with van der Waals surface area (Å²) < 4.78 is 18.0. The Hall–Kier alpha value is -4.35. The van der Waals surface area contributed by atoms with Crippen molar-refractivity contribution in [1.29, 1.82) is 0 Å². The van der Waals surface area contributed by atoms with Crippen molar-refractivity contribution < 1.29 is 33.7 Å². The number of hydrogen-bond donors (Lipinski definition) is 2. The van der Waals surface area contributed by atoms with Crippen LogP contribution < -0.4 is 11.2 Å².